The number of hydrogen-bond acceptors (Lipinski definition) is 5. The number of carbonyl (C=O) groups is 1. The third-order valence-electron chi connectivity index (χ3n) is 3.12. The van der Waals surface area contributed by atoms with E-state index in [9.17, 15) is 9.18 Å². The molecule has 0 fully saturated rings. The van der Waals surface area contributed by atoms with Gasteiger partial charge in [0.05, 0.1) is 11.3 Å². The van der Waals surface area contributed by atoms with Crippen molar-refractivity contribution in [3.05, 3.63) is 48.3 Å². The summed E-state index contributed by atoms with van der Waals surface area (Å²) in [5.74, 6) is 0.535. The van der Waals surface area contributed by atoms with Crippen molar-refractivity contribution >= 4 is 32.6 Å². The number of anilines is 1. The van der Waals surface area contributed by atoms with Gasteiger partial charge in [-0.15, -0.1) is 0 Å². The highest BCUT2D eigenvalue weighted by Crippen LogP contribution is 2.27. The third kappa shape index (κ3) is 3.80. The lowest BCUT2D eigenvalue weighted by Crippen LogP contribution is -2.19. The van der Waals surface area contributed by atoms with Gasteiger partial charge < -0.3 is 9.47 Å². The van der Waals surface area contributed by atoms with Gasteiger partial charge in [0.2, 0.25) is 0 Å². The van der Waals surface area contributed by atoms with Crippen LogP contribution < -0.4 is 14.8 Å². The summed E-state index contributed by atoms with van der Waals surface area (Å²) in [6.45, 7) is 2.33. The van der Waals surface area contributed by atoms with Crippen molar-refractivity contribution in [3.63, 3.8) is 0 Å². The normalized spacial score (nSPS) is 10.6. The number of ether oxygens (including phenoxy) is 2. The second kappa shape index (κ2) is 7.27. The summed E-state index contributed by atoms with van der Waals surface area (Å²) in [7, 11) is 0. The fraction of sp³-hybridized carbons (Fsp3) is 0.176. The number of carbonyl (C=O) groups excluding carboxylic acids is 1. The second-order valence-electron chi connectivity index (χ2n) is 4.85. The van der Waals surface area contributed by atoms with Crippen LogP contribution in [0.25, 0.3) is 10.2 Å². The van der Waals surface area contributed by atoms with E-state index in [4.69, 9.17) is 9.47 Å². The van der Waals surface area contributed by atoms with Crippen LogP contribution >= 0.6 is 11.3 Å². The Morgan fingerprint density at radius 3 is 2.54 bits per heavy atom. The van der Waals surface area contributed by atoms with Crippen LogP contribution in [0.5, 0.6) is 11.5 Å². The Balaban J connectivity index is 1.57. The van der Waals surface area contributed by atoms with Crippen LogP contribution in [-0.4, -0.2) is 24.1 Å². The van der Waals surface area contributed by atoms with E-state index in [-0.39, 0.29) is 18.0 Å². The molecule has 1 N–H and O–H groups in total. The number of hydrogen-bond donors (Lipinski definition) is 1. The van der Waals surface area contributed by atoms with Crippen LogP contribution in [0.1, 0.15) is 6.92 Å². The zero-order valence-electron chi connectivity index (χ0n) is 12.9. The average molecular weight is 346 g/mol. The number of amides is 1. The number of aromatic nitrogens is 1. The van der Waals surface area contributed by atoms with E-state index in [0.29, 0.717) is 22.2 Å². The van der Waals surface area contributed by atoms with E-state index in [2.05, 4.69) is 10.3 Å². The number of nitrogens with one attached hydrogen (secondary N) is 1. The molecule has 5 nitrogen and oxygen atoms in total. The summed E-state index contributed by atoms with van der Waals surface area (Å²) >= 11 is 1.21. The molecule has 0 saturated heterocycles. The first-order valence-corrected chi connectivity index (χ1v) is 8.18. The summed E-state index contributed by atoms with van der Waals surface area (Å²) in [5, 5.41) is 2.96. The molecule has 1 aromatic heterocycles. The molecule has 24 heavy (non-hydrogen) atoms. The molecule has 7 heteroatoms. The molecule has 1 heterocycles. The third-order valence-corrected chi connectivity index (χ3v) is 4.06. The van der Waals surface area contributed by atoms with Crippen molar-refractivity contribution in [3.8, 4) is 11.5 Å². The molecule has 0 aliphatic heterocycles. The first-order chi connectivity index (χ1) is 11.7. The van der Waals surface area contributed by atoms with Crippen molar-refractivity contribution in [2.45, 2.75) is 6.92 Å². The van der Waals surface area contributed by atoms with Crippen molar-refractivity contribution in [1.82, 2.24) is 4.98 Å². The largest absolute Gasteiger partial charge is 0.494 e. The minimum absolute atomic E-state index is 0.160. The molecule has 3 aromatic rings. The summed E-state index contributed by atoms with van der Waals surface area (Å²) in [6, 6.07) is 11.7. The van der Waals surface area contributed by atoms with Crippen molar-refractivity contribution < 1.29 is 18.7 Å². The van der Waals surface area contributed by atoms with Crippen molar-refractivity contribution in [2.24, 2.45) is 0 Å². The number of fused-ring (bicyclic) bond motifs is 1. The molecular weight excluding hydrogens is 331 g/mol. The van der Waals surface area contributed by atoms with Gasteiger partial charge in [0, 0.05) is 0 Å². The van der Waals surface area contributed by atoms with Gasteiger partial charge in [0.15, 0.2) is 11.7 Å². The van der Waals surface area contributed by atoms with Crippen LogP contribution in [0.3, 0.4) is 0 Å². The molecule has 0 aliphatic rings. The van der Waals surface area contributed by atoms with Crippen LogP contribution in [0.15, 0.2) is 42.5 Å². The first kappa shape index (κ1) is 16.2. The molecule has 0 aliphatic carbocycles. The first-order valence-electron chi connectivity index (χ1n) is 7.36. The molecule has 0 spiro atoms. The van der Waals surface area contributed by atoms with E-state index >= 15 is 0 Å². The lowest BCUT2D eigenvalue weighted by Gasteiger charge is -2.07. The average Bonchev–Trinajstić information content (AvgIpc) is 2.98. The van der Waals surface area contributed by atoms with Gasteiger partial charge in [-0.1, -0.05) is 17.4 Å². The number of benzene rings is 2. The quantitative estimate of drug-likeness (QED) is 0.736. The van der Waals surface area contributed by atoms with Crippen LogP contribution in [-0.2, 0) is 4.79 Å². The Morgan fingerprint density at radius 1 is 1.17 bits per heavy atom. The van der Waals surface area contributed by atoms with Gasteiger partial charge in [-0.25, -0.2) is 9.37 Å². The zero-order chi connectivity index (χ0) is 16.9. The van der Waals surface area contributed by atoms with E-state index in [1.807, 2.05) is 6.92 Å². The van der Waals surface area contributed by atoms with Gasteiger partial charge in [-0.3, -0.25) is 10.1 Å². The molecule has 0 radical (unpaired) electrons. The Kier molecular flexibility index (Phi) is 4.90. The summed E-state index contributed by atoms with van der Waals surface area (Å²) in [6.07, 6.45) is 0. The number of halogens is 1. The lowest BCUT2D eigenvalue weighted by atomic mass is 10.3. The zero-order valence-corrected chi connectivity index (χ0v) is 13.7. The van der Waals surface area contributed by atoms with Crippen LogP contribution in [0, 0.1) is 5.82 Å². The van der Waals surface area contributed by atoms with Crippen LogP contribution in [0.4, 0.5) is 9.52 Å². The number of rotatable bonds is 6. The van der Waals surface area contributed by atoms with Crippen molar-refractivity contribution in [1.29, 1.82) is 0 Å². The predicted molar refractivity (Wildman–Crippen MR) is 91.3 cm³/mol. The summed E-state index contributed by atoms with van der Waals surface area (Å²) in [4.78, 5) is 16.0. The van der Waals surface area contributed by atoms with Gasteiger partial charge in [0.25, 0.3) is 5.91 Å². The Hall–Kier alpha value is -2.67. The summed E-state index contributed by atoms with van der Waals surface area (Å²) < 4.78 is 25.0. The predicted octanol–water partition coefficient (Wildman–Crippen LogP) is 3.85. The lowest BCUT2D eigenvalue weighted by molar-refractivity contribution is -0.118. The maximum atomic E-state index is 13.6. The summed E-state index contributed by atoms with van der Waals surface area (Å²) in [5.41, 5.74) is 0.255. The number of nitrogens with zero attached hydrogens (tertiary/aromatic N) is 1. The Morgan fingerprint density at radius 2 is 1.88 bits per heavy atom. The smallest absolute Gasteiger partial charge is 0.264 e. The van der Waals surface area contributed by atoms with Crippen molar-refractivity contribution in [2.75, 3.05) is 18.5 Å². The van der Waals surface area contributed by atoms with E-state index in [0.717, 1.165) is 5.75 Å². The number of thiazole rings is 1. The van der Waals surface area contributed by atoms with Gasteiger partial charge in [-0.2, -0.15) is 0 Å². The highest BCUT2D eigenvalue weighted by Gasteiger charge is 2.11. The number of para-hydroxylation sites is 1. The highest BCUT2D eigenvalue weighted by atomic mass is 32.1. The highest BCUT2D eigenvalue weighted by molar-refractivity contribution is 7.22. The molecule has 0 bridgehead atoms. The molecule has 0 unspecified atom stereocenters. The van der Waals surface area contributed by atoms with E-state index < -0.39 is 5.82 Å². The standard InChI is InChI=1S/C17H15FN2O3S/c1-2-22-11-6-8-12(9-7-11)23-10-15(21)19-17-20-16-13(18)4-3-5-14(16)24-17/h3-9H,2,10H2,1H3,(H,19,20,21). The fourth-order valence-electron chi connectivity index (χ4n) is 2.07. The fourth-order valence-corrected chi connectivity index (χ4v) is 2.97. The monoisotopic (exact) mass is 346 g/mol. The Bertz CT molecular complexity index is 849. The molecule has 0 atom stereocenters. The van der Waals surface area contributed by atoms with E-state index in [1.165, 1.54) is 17.4 Å². The molecule has 0 saturated carbocycles. The maximum Gasteiger partial charge on any atom is 0.264 e. The maximum absolute atomic E-state index is 13.6. The molecule has 2 aromatic carbocycles. The second-order valence-corrected chi connectivity index (χ2v) is 5.88. The minimum Gasteiger partial charge on any atom is -0.494 e. The van der Waals surface area contributed by atoms with Gasteiger partial charge in [0.1, 0.15) is 22.8 Å². The van der Waals surface area contributed by atoms with Crippen LogP contribution in [0.2, 0.25) is 0 Å². The SMILES string of the molecule is CCOc1ccc(OCC(=O)Nc2nc3c(F)cccc3s2)cc1. The minimum atomic E-state index is -0.408. The van der Waals surface area contributed by atoms with E-state index in [1.54, 1.807) is 36.4 Å². The molecule has 1 amide bonds. The van der Waals surface area contributed by atoms with Gasteiger partial charge in [-0.05, 0) is 43.3 Å². The Labute approximate surface area is 142 Å². The molecule has 124 valence electrons. The molecule has 3 rings (SSSR count). The molecular formula is C17H15FN2O3S. The topological polar surface area (TPSA) is 60.5 Å². The van der Waals surface area contributed by atoms with Gasteiger partial charge >= 0.3 is 0 Å².